The highest BCUT2D eigenvalue weighted by molar-refractivity contribution is 5.69. The molecule has 2 aromatic heterocycles. The fourth-order valence-electron chi connectivity index (χ4n) is 1.16. The van der Waals surface area contributed by atoms with Gasteiger partial charge in [0.1, 0.15) is 12.0 Å². The van der Waals surface area contributed by atoms with Crippen LogP contribution in [-0.2, 0) is 0 Å². The number of hydrogen-bond donors (Lipinski definition) is 1. The second-order valence-corrected chi connectivity index (χ2v) is 2.64. The second kappa shape index (κ2) is 3.78. The summed E-state index contributed by atoms with van der Waals surface area (Å²) in [4.78, 5) is 8.01. The van der Waals surface area contributed by atoms with Crippen LogP contribution in [0.15, 0.2) is 30.9 Å². The van der Waals surface area contributed by atoms with E-state index in [0.29, 0.717) is 5.82 Å². The van der Waals surface area contributed by atoms with Crippen molar-refractivity contribution in [2.75, 3.05) is 12.4 Å². The lowest BCUT2D eigenvalue weighted by Gasteiger charge is -2.04. The second-order valence-electron chi connectivity index (χ2n) is 2.64. The molecule has 0 aliphatic heterocycles. The van der Waals surface area contributed by atoms with Gasteiger partial charge >= 0.3 is 0 Å². The van der Waals surface area contributed by atoms with Crippen LogP contribution in [0.25, 0.3) is 11.3 Å². The van der Waals surface area contributed by atoms with Gasteiger partial charge in [-0.1, -0.05) is 0 Å². The minimum absolute atomic E-state index is 0.714. The number of anilines is 1. The summed E-state index contributed by atoms with van der Waals surface area (Å²) in [5.41, 5.74) is 1.68. The summed E-state index contributed by atoms with van der Waals surface area (Å²) in [6.07, 6.45) is 4.84. The van der Waals surface area contributed by atoms with E-state index in [2.05, 4.69) is 25.5 Å². The van der Waals surface area contributed by atoms with E-state index in [1.807, 2.05) is 12.1 Å². The Morgan fingerprint density at radius 3 is 2.71 bits per heavy atom. The molecule has 0 saturated heterocycles. The van der Waals surface area contributed by atoms with E-state index in [1.54, 1.807) is 19.4 Å². The Balaban J connectivity index is 2.51. The van der Waals surface area contributed by atoms with Crippen molar-refractivity contribution in [1.82, 2.24) is 20.2 Å². The third kappa shape index (κ3) is 1.52. The van der Waals surface area contributed by atoms with E-state index in [-0.39, 0.29) is 0 Å². The van der Waals surface area contributed by atoms with E-state index in [4.69, 9.17) is 0 Å². The van der Waals surface area contributed by atoms with Gasteiger partial charge in [0.05, 0.1) is 0 Å². The minimum Gasteiger partial charge on any atom is -0.371 e. The van der Waals surface area contributed by atoms with Crippen molar-refractivity contribution in [1.29, 1.82) is 0 Å². The first-order valence-corrected chi connectivity index (χ1v) is 4.17. The molecule has 2 aromatic rings. The molecule has 0 aromatic carbocycles. The van der Waals surface area contributed by atoms with Gasteiger partial charge in [0, 0.05) is 25.0 Å². The largest absolute Gasteiger partial charge is 0.371 e. The number of nitrogens with zero attached hydrogens (tertiary/aromatic N) is 4. The van der Waals surface area contributed by atoms with Gasteiger partial charge in [-0.3, -0.25) is 4.98 Å². The van der Waals surface area contributed by atoms with Crippen LogP contribution in [0.1, 0.15) is 0 Å². The third-order valence-corrected chi connectivity index (χ3v) is 1.81. The molecule has 5 nitrogen and oxygen atoms in total. The zero-order valence-corrected chi connectivity index (χ0v) is 7.68. The normalized spacial score (nSPS) is 9.79. The van der Waals surface area contributed by atoms with Crippen LogP contribution in [0.2, 0.25) is 0 Å². The third-order valence-electron chi connectivity index (χ3n) is 1.81. The highest BCUT2D eigenvalue weighted by Crippen LogP contribution is 2.20. The molecule has 0 radical (unpaired) electrons. The van der Waals surface area contributed by atoms with E-state index in [9.17, 15) is 0 Å². The van der Waals surface area contributed by atoms with Crippen LogP contribution in [0, 0.1) is 0 Å². The molecule has 0 bridgehead atoms. The van der Waals surface area contributed by atoms with Gasteiger partial charge in [0.15, 0.2) is 5.82 Å². The van der Waals surface area contributed by atoms with Crippen molar-refractivity contribution in [2.24, 2.45) is 0 Å². The van der Waals surface area contributed by atoms with E-state index in [1.165, 1.54) is 6.33 Å². The Bertz CT molecular complexity index is 415. The monoisotopic (exact) mass is 187 g/mol. The Morgan fingerprint density at radius 2 is 2.00 bits per heavy atom. The Morgan fingerprint density at radius 1 is 1.21 bits per heavy atom. The summed E-state index contributed by atoms with van der Waals surface area (Å²) in [5, 5.41) is 10.7. The van der Waals surface area contributed by atoms with Crippen molar-refractivity contribution in [3.63, 3.8) is 0 Å². The number of hydrogen-bond acceptors (Lipinski definition) is 5. The minimum atomic E-state index is 0.714. The zero-order valence-electron chi connectivity index (χ0n) is 7.68. The first-order chi connectivity index (χ1) is 6.92. The molecule has 0 fully saturated rings. The Hall–Kier alpha value is -2.04. The molecule has 0 spiro atoms. The predicted octanol–water partition coefficient (Wildman–Crippen LogP) is 0.975. The SMILES string of the molecule is CNc1ncnnc1-c1ccncc1. The first kappa shape index (κ1) is 8.55. The molecule has 0 unspecified atom stereocenters. The van der Waals surface area contributed by atoms with Gasteiger partial charge in [0.25, 0.3) is 0 Å². The maximum absolute atomic E-state index is 4.07. The lowest BCUT2D eigenvalue weighted by Crippen LogP contribution is -1.99. The van der Waals surface area contributed by atoms with Gasteiger partial charge in [-0.15, -0.1) is 10.2 Å². The molecular weight excluding hydrogens is 178 g/mol. The highest BCUT2D eigenvalue weighted by Gasteiger charge is 2.05. The standard InChI is InChI=1S/C9H9N5/c1-10-9-8(14-13-6-12-9)7-2-4-11-5-3-7/h2-6H,1H3,(H,10,12,13). The fourth-order valence-corrected chi connectivity index (χ4v) is 1.16. The molecule has 0 aliphatic rings. The maximum Gasteiger partial charge on any atom is 0.156 e. The Kier molecular flexibility index (Phi) is 2.31. The number of nitrogens with one attached hydrogen (secondary N) is 1. The molecule has 1 N–H and O–H groups in total. The molecule has 0 aliphatic carbocycles. The predicted molar refractivity (Wildman–Crippen MR) is 52.6 cm³/mol. The lowest BCUT2D eigenvalue weighted by atomic mass is 10.2. The molecular formula is C9H9N5. The summed E-state index contributed by atoms with van der Waals surface area (Å²) in [7, 11) is 1.80. The van der Waals surface area contributed by atoms with Gasteiger partial charge in [-0.05, 0) is 12.1 Å². The van der Waals surface area contributed by atoms with E-state index in [0.717, 1.165) is 11.3 Å². The summed E-state index contributed by atoms with van der Waals surface area (Å²) in [5.74, 6) is 0.714. The van der Waals surface area contributed by atoms with Crippen LogP contribution >= 0.6 is 0 Å². The number of rotatable bonds is 2. The smallest absolute Gasteiger partial charge is 0.156 e. The Labute approximate surface area is 81.3 Å². The molecule has 0 amide bonds. The van der Waals surface area contributed by atoms with Crippen molar-refractivity contribution in [3.8, 4) is 11.3 Å². The summed E-state index contributed by atoms with van der Waals surface area (Å²) in [6.45, 7) is 0. The highest BCUT2D eigenvalue weighted by atomic mass is 15.2. The molecule has 5 heteroatoms. The van der Waals surface area contributed by atoms with Crippen LogP contribution in [-0.4, -0.2) is 27.2 Å². The average Bonchev–Trinajstić information content (AvgIpc) is 2.30. The van der Waals surface area contributed by atoms with E-state index >= 15 is 0 Å². The molecule has 2 heterocycles. The summed E-state index contributed by atoms with van der Waals surface area (Å²) < 4.78 is 0. The van der Waals surface area contributed by atoms with Gasteiger partial charge in [-0.2, -0.15) is 0 Å². The average molecular weight is 187 g/mol. The summed E-state index contributed by atoms with van der Waals surface area (Å²) >= 11 is 0. The molecule has 0 saturated carbocycles. The number of aromatic nitrogens is 4. The van der Waals surface area contributed by atoms with Crippen molar-refractivity contribution in [3.05, 3.63) is 30.9 Å². The van der Waals surface area contributed by atoms with Crippen LogP contribution in [0.5, 0.6) is 0 Å². The van der Waals surface area contributed by atoms with Crippen LogP contribution in [0.4, 0.5) is 5.82 Å². The lowest BCUT2D eigenvalue weighted by molar-refractivity contribution is 0.977. The van der Waals surface area contributed by atoms with Crippen molar-refractivity contribution >= 4 is 5.82 Å². The molecule has 70 valence electrons. The molecule has 14 heavy (non-hydrogen) atoms. The maximum atomic E-state index is 4.07. The number of pyridine rings is 1. The van der Waals surface area contributed by atoms with Gasteiger partial charge in [0.2, 0.25) is 0 Å². The van der Waals surface area contributed by atoms with Crippen molar-refractivity contribution < 1.29 is 0 Å². The van der Waals surface area contributed by atoms with E-state index < -0.39 is 0 Å². The zero-order chi connectivity index (χ0) is 9.80. The fraction of sp³-hybridized carbons (Fsp3) is 0.111. The quantitative estimate of drug-likeness (QED) is 0.759. The topological polar surface area (TPSA) is 63.6 Å². The molecule has 2 rings (SSSR count). The van der Waals surface area contributed by atoms with Gasteiger partial charge in [-0.25, -0.2) is 4.98 Å². The van der Waals surface area contributed by atoms with Crippen LogP contribution < -0.4 is 5.32 Å². The van der Waals surface area contributed by atoms with Gasteiger partial charge < -0.3 is 5.32 Å². The molecule has 0 atom stereocenters. The van der Waals surface area contributed by atoms with Crippen LogP contribution in [0.3, 0.4) is 0 Å². The summed E-state index contributed by atoms with van der Waals surface area (Å²) in [6, 6.07) is 3.74. The van der Waals surface area contributed by atoms with Crippen molar-refractivity contribution in [2.45, 2.75) is 0 Å². The first-order valence-electron chi connectivity index (χ1n) is 4.17.